The minimum atomic E-state index is -0.876. The van der Waals surface area contributed by atoms with Gasteiger partial charge in [-0.1, -0.05) is 49.7 Å². The maximum Gasteiger partial charge on any atom is 0.279 e. The summed E-state index contributed by atoms with van der Waals surface area (Å²) in [7, 11) is 0. The first-order valence-electron chi connectivity index (χ1n) is 7.91. The predicted octanol–water partition coefficient (Wildman–Crippen LogP) is 4.20. The molecule has 24 heavy (non-hydrogen) atoms. The van der Waals surface area contributed by atoms with Gasteiger partial charge in [-0.15, -0.1) is 0 Å². The van der Waals surface area contributed by atoms with Crippen LogP contribution in [0.25, 0.3) is 0 Å². The number of hydrogen-bond acceptors (Lipinski definition) is 3. The topological polar surface area (TPSA) is 44.7 Å². The second-order valence-corrected chi connectivity index (χ2v) is 7.26. The van der Waals surface area contributed by atoms with Crippen LogP contribution in [0, 0.1) is 0 Å². The summed E-state index contributed by atoms with van der Waals surface area (Å²) in [6.07, 6.45) is 0. The summed E-state index contributed by atoms with van der Waals surface area (Å²) in [6.45, 7) is 6.08. The molecule has 2 aliphatic heterocycles. The summed E-state index contributed by atoms with van der Waals surface area (Å²) in [4.78, 5) is 13.4. The monoisotopic (exact) mass is 339 g/mol. The largest absolute Gasteiger partial charge is 0.366 e. The smallest absolute Gasteiger partial charge is 0.279 e. The molecular weight excluding hydrogens is 322 g/mol. The second-order valence-electron chi connectivity index (χ2n) is 6.83. The highest BCUT2D eigenvalue weighted by atomic mass is 35.5. The van der Waals surface area contributed by atoms with E-state index in [9.17, 15) is 4.79 Å². The molecule has 5 heteroatoms. The SMILES string of the molecule is CC1=NN(c2cccc(Cl)c2)C(=O)C12Nc1ccccc1C2(C)C. The van der Waals surface area contributed by atoms with Crippen LogP contribution >= 0.6 is 11.6 Å². The van der Waals surface area contributed by atoms with Crippen LogP contribution in [0.2, 0.25) is 5.02 Å². The first kappa shape index (κ1) is 15.2. The van der Waals surface area contributed by atoms with Crippen molar-refractivity contribution in [3.05, 3.63) is 59.1 Å². The van der Waals surface area contributed by atoms with Crippen LogP contribution in [0.5, 0.6) is 0 Å². The van der Waals surface area contributed by atoms with E-state index in [1.807, 2.05) is 37.3 Å². The summed E-state index contributed by atoms with van der Waals surface area (Å²) in [5.41, 5.74) is 2.26. The zero-order valence-electron chi connectivity index (χ0n) is 13.8. The average Bonchev–Trinajstić information content (AvgIpc) is 2.95. The molecule has 122 valence electrons. The summed E-state index contributed by atoms with van der Waals surface area (Å²) in [5, 5.41) is 10.1. The van der Waals surface area contributed by atoms with Crippen LogP contribution in [-0.4, -0.2) is 17.2 Å². The first-order chi connectivity index (χ1) is 11.4. The molecule has 0 saturated heterocycles. The lowest BCUT2D eigenvalue weighted by molar-refractivity contribution is -0.121. The number of hydrazone groups is 1. The molecule has 1 amide bonds. The number of benzene rings is 2. The highest BCUT2D eigenvalue weighted by molar-refractivity contribution is 6.31. The van der Waals surface area contributed by atoms with Crippen molar-refractivity contribution in [1.29, 1.82) is 0 Å². The van der Waals surface area contributed by atoms with Gasteiger partial charge < -0.3 is 5.32 Å². The number of amides is 1. The summed E-state index contributed by atoms with van der Waals surface area (Å²) >= 11 is 6.09. The Morgan fingerprint density at radius 1 is 1.12 bits per heavy atom. The lowest BCUT2D eigenvalue weighted by Gasteiger charge is -2.36. The molecule has 2 aliphatic rings. The van der Waals surface area contributed by atoms with Crippen LogP contribution in [0.3, 0.4) is 0 Å². The zero-order chi connectivity index (χ0) is 17.1. The number of halogens is 1. The van der Waals surface area contributed by atoms with Crippen LogP contribution in [0.1, 0.15) is 26.3 Å². The van der Waals surface area contributed by atoms with Crippen LogP contribution in [0.15, 0.2) is 53.6 Å². The van der Waals surface area contributed by atoms with E-state index >= 15 is 0 Å². The molecule has 0 aromatic heterocycles. The highest BCUT2D eigenvalue weighted by Crippen LogP contribution is 2.51. The van der Waals surface area contributed by atoms with Gasteiger partial charge in [0, 0.05) is 16.1 Å². The van der Waals surface area contributed by atoms with Crippen molar-refractivity contribution in [3.63, 3.8) is 0 Å². The molecule has 4 rings (SSSR count). The standard InChI is InChI=1S/C19H18ClN3O/c1-12-19(18(2,3)15-9-4-5-10-16(15)21-19)17(24)23(22-12)14-8-6-7-13(20)11-14/h4-11,21H,1-3H3. The van der Waals surface area contributed by atoms with Gasteiger partial charge in [0.05, 0.1) is 11.4 Å². The predicted molar refractivity (Wildman–Crippen MR) is 97.9 cm³/mol. The summed E-state index contributed by atoms with van der Waals surface area (Å²) in [6, 6.07) is 15.3. The van der Waals surface area contributed by atoms with Gasteiger partial charge >= 0.3 is 0 Å². The Labute approximate surface area is 146 Å². The van der Waals surface area contributed by atoms with Gasteiger partial charge in [-0.2, -0.15) is 10.1 Å². The third-order valence-corrected chi connectivity index (χ3v) is 5.45. The molecule has 1 atom stereocenters. The molecule has 1 unspecified atom stereocenters. The van der Waals surface area contributed by atoms with Crippen molar-refractivity contribution < 1.29 is 4.79 Å². The fourth-order valence-electron chi connectivity index (χ4n) is 3.93. The van der Waals surface area contributed by atoms with Crippen LogP contribution in [0.4, 0.5) is 11.4 Å². The van der Waals surface area contributed by atoms with E-state index in [0.29, 0.717) is 10.7 Å². The van der Waals surface area contributed by atoms with Gasteiger partial charge in [-0.05, 0) is 36.8 Å². The average molecular weight is 340 g/mol. The molecule has 0 fully saturated rings. The Hall–Kier alpha value is -2.33. The van der Waals surface area contributed by atoms with E-state index in [4.69, 9.17) is 11.6 Å². The van der Waals surface area contributed by atoms with Gasteiger partial charge in [0.15, 0.2) is 5.54 Å². The van der Waals surface area contributed by atoms with E-state index in [-0.39, 0.29) is 5.91 Å². The fourth-order valence-corrected chi connectivity index (χ4v) is 4.11. The molecule has 2 aromatic carbocycles. The minimum absolute atomic E-state index is 0.0801. The maximum absolute atomic E-state index is 13.4. The van der Waals surface area contributed by atoms with Gasteiger partial charge in [-0.25, -0.2) is 0 Å². The van der Waals surface area contributed by atoms with Crippen molar-refractivity contribution in [1.82, 2.24) is 0 Å². The van der Waals surface area contributed by atoms with E-state index in [1.54, 1.807) is 12.1 Å². The van der Waals surface area contributed by atoms with E-state index in [2.05, 4.69) is 30.3 Å². The Balaban J connectivity index is 1.84. The van der Waals surface area contributed by atoms with E-state index in [0.717, 1.165) is 17.0 Å². The molecule has 0 bridgehead atoms. The normalized spacial score (nSPS) is 24.1. The summed E-state index contributed by atoms with van der Waals surface area (Å²) in [5.74, 6) is -0.0801. The molecule has 2 heterocycles. The number of nitrogens with zero attached hydrogens (tertiary/aromatic N) is 2. The number of carbonyl (C=O) groups is 1. The summed E-state index contributed by atoms with van der Waals surface area (Å²) < 4.78 is 0. The number of rotatable bonds is 1. The lowest BCUT2D eigenvalue weighted by Crippen LogP contribution is -2.60. The van der Waals surface area contributed by atoms with Crippen molar-refractivity contribution in [2.24, 2.45) is 5.10 Å². The number of carbonyl (C=O) groups excluding carboxylic acids is 1. The van der Waals surface area contributed by atoms with Crippen molar-refractivity contribution in [2.75, 3.05) is 10.3 Å². The highest BCUT2D eigenvalue weighted by Gasteiger charge is 2.63. The Kier molecular flexibility index (Phi) is 3.06. The number of anilines is 2. The molecular formula is C19H18ClN3O. The Bertz CT molecular complexity index is 890. The molecule has 0 saturated carbocycles. The lowest BCUT2D eigenvalue weighted by atomic mass is 9.68. The molecule has 1 N–H and O–H groups in total. The van der Waals surface area contributed by atoms with Gasteiger partial charge in [0.2, 0.25) is 0 Å². The quantitative estimate of drug-likeness (QED) is 0.846. The van der Waals surface area contributed by atoms with Gasteiger partial charge in [-0.3, -0.25) is 4.79 Å². The van der Waals surface area contributed by atoms with Crippen LogP contribution in [-0.2, 0) is 10.2 Å². The van der Waals surface area contributed by atoms with Crippen molar-refractivity contribution in [2.45, 2.75) is 31.7 Å². The number of nitrogens with one attached hydrogen (secondary N) is 1. The van der Waals surface area contributed by atoms with E-state index in [1.165, 1.54) is 5.01 Å². The first-order valence-corrected chi connectivity index (χ1v) is 8.29. The molecule has 2 aromatic rings. The molecule has 0 radical (unpaired) electrons. The van der Waals surface area contributed by atoms with E-state index < -0.39 is 11.0 Å². The maximum atomic E-state index is 13.4. The van der Waals surface area contributed by atoms with Gasteiger partial charge in [0.25, 0.3) is 5.91 Å². The van der Waals surface area contributed by atoms with Crippen molar-refractivity contribution in [3.8, 4) is 0 Å². The minimum Gasteiger partial charge on any atom is -0.366 e. The second kappa shape index (κ2) is 4.84. The fraction of sp³-hybridized carbons (Fsp3) is 0.263. The zero-order valence-corrected chi connectivity index (χ0v) is 14.6. The third kappa shape index (κ3) is 1.75. The molecule has 4 nitrogen and oxygen atoms in total. The van der Waals surface area contributed by atoms with Gasteiger partial charge in [0.1, 0.15) is 0 Å². The molecule has 1 spiro atoms. The number of hydrogen-bond donors (Lipinski definition) is 1. The number of para-hydroxylation sites is 1. The molecule has 0 aliphatic carbocycles. The van der Waals surface area contributed by atoms with Crippen LogP contribution < -0.4 is 10.3 Å². The Morgan fingerprint density at radius 2 is 1.88 bits per heavy atom. The van der Waals surface area contributed by atoms with Crippen molar-refractivity contribution >= 4 is 34.6 Å². The third-order valence-electron chi connectivity index (χ3n) is 5.22. The Morgan fingerprint density at radius 3 is 2.58 bits per heavy atom. The number of fused-ring (bicyclic) bond motifs is 1.